The molecule has 0 aliphatic carbocycles. The molecular formula is C5H8N2O4S. The molecule has 0 atom stereocenters. The SMILES string of the molecule is O=S(=O)(O)OCCc1cnc[nH]1. The summed E-state index contributed by atoms with van der Waals surface area (Å²) in [7, 11) is -4.31. The summed E-state index contributed by atoms with van der Waals surface area (Å²) < 4.78 is 32.4. The molecule has 0 radical (unpaired) electrons. The molecule has 0 saturated carbocycles. The third kappa shape index (κ3) is 3.46. The lowest BCUT2D eigenvalue weighted by Crippen LogP contribution is -2.06. The number of H-pyrrole nitrogens is 1. The van der Waals surface area contributed by atoms with E-state index in [1.807, 2.05) is 0 Å². The van der Waals surface area contributed by atoms with Crippen LogP contribution < -0.4 is 0 Å². The number of nitrogens with one attached hydrogen (secondary N) is 1. The second-order valence-electron chi connectivity index (χ2n) is 2.08. The van der Waals surface area contributed by atoms with Crippen LogP contribution in [0.5, 0.6) is 0 Å². The van der Waals surface area contributed by atoms with Crippen molar-refractivity contribution < 1.29 is 17.2 Å². The molecule has 1 rings (SSSR count). The van der Waals surface area contributed by atoms with Crippen LogP contribution in [0.15, 0.2) is 12.5 Å². The van der Waals surface area contributed by atoms with E-state index in [-0.39, 0.29) is 6.61 Å². The summed E-state index contributed by atoms with van der Waals surface area (Å²) in [6.07, 6.45) is 3.38. The highest BCUT2D eigenvalue weighted by molar-refractivity contribution is 7.80. The predicted molar refractivity (Wildman–Crippen MR) is 39.8 cm³/mol. The molecule has 12 heavy (non-hydrogen) atoms. The van der Waals surface area contributed by atoms with E-state index in [0.717, 1.165) is 5.69 Å². The molecule has 2 N–H and O–H groups in total. The number of hydrogen-bond donors (Lipinski definition) is 2. The molecule has 0 unspecified atom stereocenters. The van der Waals surface area contributed by atoms with Crippen molar-refractivity contribution >= 4 is 10.4 Å². The summed E-state index contributed by atoms with van der Waals surface area (Å²) in [5, 5.41) is 0. The first kappa shape index (κ1) is 9.17. The van der Waals surface area contributed by atoms with Crippen molar-refractivity contribution in [1.29, 1.82) is 0 Å². The van der Waals surface area contributed by atoms with Gasteiger partial charge >= 0.3 is 10.4 Å². The molecule has 0 aliphatic heterocycles. The van der Waals surface area contributed by atoms with Gasteiger partial charge in [0.15, 0.2) is 0 Å². The minimum atomic E-state index is -4.31. The fourth-order valence-electron chi connectivity index (χ4n) is 0.678. The van der Waals surface area contributed by atoms with Gasteiger partial charge in [-0.2, -0.15) is 8.42 Å². The first-order chi connectivity index (χ1) is 5.58. The number of rotatable bonds is 4. The molecule has 7 heteroatoms. The van der Waals surface area contributed by atoms with E-state index in [4.69, 9.17) is 4.55 Å². The molecule has 0 aliphatic rings. The third-order valence-corrected chi connectivity index (χ3v) is 1.62. The van der Waals surface area contributed by atoms with Crippen LogP contribution in [0.2, 0.25) is 0 Å². The Morgan fingerprint density at radius 3 is 2.92 bits per heavy atom. The molecule has 0 fully saturated rings. The maximum Gasteiger partial charge on any atom is 0.397 e. The fraction of sp³-hybridized carbons (Fsp3) is 0.400. The monoisotopic (exact) mass is 192 g/mol. The molecule has 6 nitrogen and oxygen atoms in total. The summed E-state index contributed by atoms with van der Waals surface area (Å²) in [4.78, 5) is 6.47. The Hall–Kier alpha value is -0.920. The first-order valence-corrected chi connectivity index (χ1v) is 4.53. The number of aromatic nitrogens is 2. The molecular weight excluding hydrogens is 184 g/mol. The summed E-state index contributed by atoms with van der Waals surface area (Å²) in [6.45, 7) is -0.0962. The minimum Gasteiger partial charge on any atom is -0.348 e. The van der Waals surface area contributed by atoms with Crippen molar-refractivity contribution in [1.82, 2.24) is 9.97 Å². The van der Waals surface area contributed by atoms with Gasteiger partial charge in [0.2, 0.25) is 0 Å². The highest BCUT2D eigenvalue weighted by atomic mass is 32.3. The smallest absolute Gasteiger partial charge is 0.348 e. The highest BCUT2D eigenvalue weighted by Crippen LogP contribution is 1.94. The van der Waals surface area contributed by atoms with Gasteiger partial charge in [0, 0.05) is 18.3 Å². The van der Waals surface area contributed by atoms with Crippen molar-refractivity contribution in [2.45, 2.75) is 6.42 Å². The number of nitrogens with zero attached hydrogens (tertiary/aromatic N) is 1. The molecule has 0 spiro atoms. The largest absolute Gasteiger partial charge is 0.397 e. The Kier molecular flexibility index (Phi) is 2.79. The quantitative estimate of drug-likeness (QED) is 0.643. The second-order valence-corrected chi connectivity index (χ2v) is 3.17. The van der Waals surface area contributed by atoms with E-state index < -0.39 is 10.4 Å². The highest BCUT2D eigenvalue weighted by Gasteiger charge is 2.03. The van der Waals surface area contributed by atoms with Crippen LogP contribution >= 0.6 is 0 Å². The van der Waals surface area contributed by atoms with E-state index in [1.54, 1.807) is 6.20 Å². The maximum absolute atomic E-state index is 10.1. The van der Waals surface area contributed by atoms with Crippen LogP contribution in [0.3, 0.4) is 0 Å². The van der Waals surface area contributed by atoms with Gasteiger partial charge in [-0.1, -0.05) is 0 Å². The van der Waals surface area contributed by atoms with Crippen LogP contribution in [-0.4, -0.2) is 29.5 Å². The topological polar surface area (TPSA) is 92.3 Å². The Balaban J connectivity index is 2.29. The lowest BCUT2D eigenvalue weighted by atomic mass is 10.4. The van der Waals surface area contributed by atoms with Crippen molar-refractivity contribution in [2.24, 2.45) is 0 Å². The van der Waals surface area contributed by atoms with Crippen molar-refractivity contribution in [3.8, 4) is 0 Å². The molecule has 0 aromatic carbocycles. The average molecular weight is 192 g/mol. The summed E-state index contributed by atoms with van der Waals surface area (Å²) in [5.74, 6) is 0. The van der Waals surface area contributed by atoms with Gasteiger partial charge in [0.05, 0.1) is 12.9 Å². The number of aromatic amines is 1. The molecule has 1 aromatic rings. The van der Waals surface area contributed by atoms with E-state index >= 15 is 0 Å². The van der Waals surface area contributed by atoms with Gasteiger partial charge in [-0.3, -0.25) is 4.55 Å². The summed E-state index contributed by atoms with van der Waals surface area (Å²) >= 11 is 0. The summed E-state index contributed by atoms with van der Waals surface area (Å²) in [6, 6.07) is 0. The zero-order valence-corrected chi connectivity index (χ0v) is 6.91. The standard InChI is InChI=1S/C5H8N2O4S/c8-12(9,10)11-2-1-5-3-6-4-7-5/h3-4H,1-2H2,(H,6,7)(H,8,9,10). The van der Waals surface area contributed by atoms with Gasteiger partial charge < -0.3 is 4.98 Å². The van der Waals surface area contributed by atoms with Gasteiger partial charge in [-0.15, -0.1) is 0 Å². The lowest BCUT2D eigenvalue weighted by Gasteiger charge is -1.96. The Morgan fingerprint density at radius 2 is 2.42 bits per heavy atom. The van der Waals surface area contributed by atoms with Crippen molar-refractivity contribution in [3.63, 3.8) is 0 Å². The molecule has 0 amide bonds. The van der Waals surface area contributed by atoms with Crippen LogP contribution in [0, 0.1) is 0 Å². The third-order valence-electron chi connectivity index (χ3n) is 1.16. The molecule has 0 bridgehead atoms. The Bertz CT molecular complexity index is 317. The molecule has 1 aromatic heterocycles. The first-order valence-electron chi connectivity index (χ1n) is 3.17. The van der Waals surface area contributed by atoms with Gasteiger partial charge in [-0.25, -0.2) is 9.17 Å². The van der Waals surface area contributed by atoms with Crippen LogP contribution in [0.4, 0.5) is 0 Å². The molecule has 1 heterocycles. The van der Waals surface area contributed by atoms with E-state index in [1.165, 1.54) is 6.33 Å². The van der Waals surface area contributed by atoms with Gasteiger partial charge in [-0.05, 0) is 0 Å². The van der Waals surface area contributed by atoms with E-state index in [2.05, 4.69) is 14.2 Å². The Labute approximate surface area is 69.5 Å². The molecule has 0 saturated heterocycles. The fourth-order valence-corrected chi connectivity index (χ4v) is 0.972. The van der Waals surface area contributed by atoms with Gasteiger partial charge in [0.1, 0.15) is 0 Å². The van der Waals surface area contributed by atoms with Crippen LogP contribution in [0.1, 0.15) is 5.69 Å². The zero-order valence-electron chi connectivity index (χ0n) is 6.10. The van der Waals surface area contributed by atoms with Crippen LogP contribution in [-0.2, 0) is 21.0 Å². The van der Waals surface area contributed by atoms with E-state index in [9.17, 15) is 8.42 Å². The normalized spacial score (nSPS) is 11.8. The predicted octanol–water partition coefficient (Wildman–Crippen LogP) is -0.228. The second kappa shape index (κ2) is 3.65. The Morgan fingerprint density at radius 1 is 1.67 bits per heavy atom. The van der Waals surface area contributed by atoms with Crippen LogP contribution in [0.25, 0.3) is 0 Å². The number of hydrogen-bond acceptors (Lipinski definition) is 4. The number of imidazole rings is 1. The van der Waals surface area contributed by atoms with Crippen molar-refractivity contribution in [2.75, 3.05) is 6.61 Å². The summed E-state index contributed by atoms with van der Waals surface area (Å²) in [5.41, 5.74) is 0.749. The van der Waals surface area contributed by atoms with Gasteiger partial charge in [0.25, 0.3) is 0 Å². The average Bonchev–Trinajstić information content (AvgIpc) is 2.36. The minimum absolute atomic E-state index is 0.0962. The maximum atomic E-state index is 10.1. The lowest BCUT2D eigenvalue weighted by molar-refractivity contribution is 0.271. The van der Waals surface area contributed by atoms with Crippen molar-refractivity contribution in [3.05, 3.63) is 18.2 Å². The van der Waals surface area contributed by atoms with E-state index in [0.29, 0.717) is 6.42 Å². The molecule has 68 valence electrons. The zero-order chi connectivity index (χ0) is 9.03.